The molecule has 108 valence electrons. The molecule has 0 bridgehead atoms. The van der Waals surface area contributed by atoms with E-state index >= 15 is 0 Å². The molecule has 19 heavy (non-hydrogen) atoms. The normalized spacial score (nSPS) is 11.6. The van der Waals surface area contributed by atoms with Crippen molar-refractivity contribution in [3.63, 3.8) is 0 Å². The lowest BCUT2D eigenvalue weighted by atomic mass is 10.2. The van der Waals surface area contributed by atoms with Gasteiger partial charge in [0.1, 0.15) is 16.8 Å². The van der Waals surface area contributed by atoms with Crippen LogP contribution in [0.25, 0.3) is 0 Å². The molecule has 3 nitrogen and oxygen atoms in total. The average Bonchev–Trinajstić information content (AvgIpc) is 2.26. The third-order valence-corrected chi connectivity index (χ3v) is 2.60. The van der Waals surface area contributed by atoms with E-state index in [0.29, 0.717) is 29.8 Å². The third kappa shape index (κ3) is 7.20. The summed E-state index contributed by atoms with van der Waals surface area (Å²) in [6.07, 6.45) is -2.65. The summed E-state index contributed by atoms with van der Waals surface area (Å²) in [5.74, 6) is 1.21. The molecule has 0 amide bonds. The minimum absolute atomic E-state index is 0.108. The summed E-state index contributed by atoms with van der Waals surface area (Å²) in [5.41, 5.74) is 0. The molecule has 1 N–H and O–H groups in total. The second-order valence-electron chi connectivity index (χ2n) is 4.24. The van der Waals surface area contributed by atoms with Crippen molar-refractivity contribution in [3.8, 4) is 0 Å². The number of unbranched alkanes of at least 4 members (excludes halogenated alkanes) is 1. The molecule has 0 aromatic carbocycles. The average molecular weight is 296 g/mol. The second kappa shape index (κ2) is 7.53. The zero-order valence-corrected chi connectivity index (χ0v) is 11.5. The fraction of sp³-hybridized carbons (Fsp3) is 0.667. The predicted molar refractivity (Wildman–Crippen MR) is 69.4 cm³/mol. The van der Waals surface area contributed by atoms with Crippen LogP contribution in [0.4, 0.5) is 19.0 Å². The summed E-state index contributed by atoms with van der Waals surface area (Å²) in [5, 5.41) is 3.31. The number of hydrogen-bond acceptors (Lipinski definition) is 3. The minimum Gasteiger partial charge on any atom is -0.370 e. The van der Waals surface area contributed by atoms with Gasteiger partial charge in [-0.15, -0.1) is 0 Å². The Bertz CT molecular complexity index is 396. The summed E-state index contributed by atoms with van der Waals surface area (Å²) in [6.45, 7) is 2.45. The number of hydrogen-bond donors (Lipinski definition) is 1. The molecule has 0 saturated heterocycles. The fourth-order valence-electron chi connectivity index (χ4n) is 1.56. The Morgan fingerprint density at radius 1 is 1.26 bits per heavy atom. The molecular weight excluding hydrogens is 279 g/mol. The molecule has 7 heteroatoms. The van der Waals surface area contributed by atoms with Gasteiger partial charge in [0.2, 0.25) is 0 Å². The third-order valence-electron chi connectivity index (χ3n) is 2.41. The lowest BCUT2D eigenvalue weighted by Crippen LogP contribution is -2.09. The molecule has 0 radical (unpaired) electrons. The summed E-state index contributed by atoms with van der Waals surface area (Å²) in [7, 11) is 0. The van der Waals surface area contributed by atoms with Gasteiger partial charge in [0, 0.05) is 25.5 Å². The van der Waals surface area contributed by atoms with E-state index in [1.807, 2.05) is 6.92 Å². The quantitative estimate of drug-likeness (QED) is 0.604. The van der Waals surface area contributed by atoms with Gasteiger partial charge >= 0.3 is 6.18 Å². The molecule has 1 heterocycles. The maximum absolute atomic E-state index is 11.9. The van der Waals surface area contributed by atoms with Gasteiger partial charge in [-0.3, -0.25) is 0 Å². The maximum atomic E-state index is 11.9. The van der Waals surface area contributed by atoms with Crippen LogP contribution in [0.1, 0.15) is 38.4 Å². The highest BCUT2D eigenvalue weighted by atomic mass is 35.5. The zero-order valence-electron chi connectivity index (χ0n) is 10.7. The van der Waals surface area contributed by atoms with Gasteiger partial charge in [-0.2, -0.15) is 13.2 Å². The standard InChI is InChI=1S/C12H17ClF3N3/c1-2-5-10-18-9(13)8-11(19-10)17-7-4-3-6-12(14,15)16/h8H,2-7H2,1H3,(H,17,18,19). The minimum atomic E-state index is -4.08. The highest BCUT2D eigenvalue weighted by Gasteiger charge is 2.25. The summed E-state index contributed by atoms with van der Waals surface area (Å²) >= 11 is 5.85. The first-order valence-electron chi connectivity index (χ1n) is 6.25. The van der Waals surface area contributed by atoms with Crippen LogP contribution >= 0.6 is 11.6 Å². The molecule has 0 fully saturated rings. The highest BCUT2D eigenvalue weighted by Crippen LogP contribution is 2.22. The number of nitrogens with zero attached hydrogens (tertiary/aromatic N) is 2. The van der Waals surface area contributed by atoms with Gasteiger partial charge < -0.3 is 5.32 Å². The number of nitrogens with one attached hydrogen (secondary N) is 1. The van der Waals surface area contributed by atoms with E-state index in [1.165, 1.54) is 0 Å². The van der Waals surface area contributed by atoms with Gasteiger partial charge in [-0.1, -0.05) is 18.5 Å². The summed E-state index contributed by atoms with van der Waals surface area (Å²) in [6, 6.07) is 1.57. The monoisotopic (exact) mass is 295 g/mol. The Labute approximate surface area is 115 Å². The molecule has 0 aliphatic rings. The van der Waals surface area contributed by atoms with Gasteiger partial charge in [0.05, 0.1) is 0 Å². The number of aromatic nitrogens is 2. The Hall–Kier alpha value is -1.04. The van der Waals surface area contributed by atoms with E-state index < -0.39 is 12.6 Å². The topological polar surface area (TPSA) is 37.8 Å². The van der Waals surface area contributed by atoms with Gasteiger partial charge in [0.15, 0.2) is 0 Å². The van der Waals surface area contributed by atoms with Crippen LogP contribution < -0.4 is 5.32 Å². The Balaban J connectivity index is 2.36. The SMILES string of the molecule is CCCc1nc(Cl)cc(NCCCCC(F)(F)F)n1. The highest BCUT2D eigenvalue weighted by molar-refractivity contribution is 6.29. The van der Waals surface area contributed by atoms with Crippen molar-refractivity contribution in [2.45, 2.75) is 45.2 Å². The van der Waals surface area contributed by atoms with E-state index in [9.17, 15) is 13.2 Å². The molecule has 1 aromatic heterocycles. The molecule has 1 rings (SSSR count). The van der Waals surface area contributed by atoms with Crippen molar-refractivity contribution in [3.05, 3.63) is 17.0 Å². The van der Waals surface area contributed by atoms with Crippen LogP contribution in [-0.2, 0) is 6.42 Å². The summed E-state index contributed by atoms with van der Waals surface area (Å²) in [4.78, 5) is 8.31. The van der Waals surface area contributed by atoms with E-state index in [-0.39, 0.29) is 6.42 Å². The van der Waals surface area contributed by atoms with E-state index in [0.717, 1.165) is 12.8 Å². The first-order chi connectivity index (χ1) is 8.90. The molecule has 0 aliphatic heterocycles. The van der Waals surface area contributed by atoms with Crippen LogP contribution in [0, 0.1) is 0 Å². The van der Waals surface area contributed by atoms with Crippen LogP contribution in [0.2, 0.25) is 5.15 Å². The smallest absolute Gasteiger partial charge is 0.370 e. The lowest BCUT2D eigenvalue weighted by Gasteiger charge is -2.08. The summed E-state index contributed by atoms with van der Waals surface area (Å²) < 4.78 is 35.8. The van der Waals surface area contributed by atoms with Crippen molar-refractivity contribution in [2.75, 3.05) is 11.9 Å². The second-order valence-corrected chi connectivity index (χ2v) is 4.63. The molecule has 0 atom stereocenters. The largest absolute Gasteiger partial charge is 0.389 e. The molecule has 0 spiro atoms. The molecule has 0 aliphatic carbocycles. The van der Waals surface area contributed by atoms with E-state index in [4.69, 9.17) is 11.6 Å². The van der Waals surface area contributed by atoms with Crippen molar-refractivity contribution in [1.82, 2.24) is 9.97 Å². The predicted octanol–water partition coefficient (Wildman–Crippen LogP) is 4.23. The van der Waals surface area contributed by atoms with Crippen LogP contribution in [-0.4, -0.2) is 22.7 Å². The lowest BCUT2D eigenvalue weighted by molar-refractivity contribution is -0.135. The van der Waals surface area contributed by atoms with Crippen molar-refractivity contribution in [2.24, 2.45) is 0 Å². The molecular formula is C12H17ClF3N3. The number of anilines is 1. The zero-order chi connectivity index (χ0) is 14.3. The van der Waals surface area contributed by atoms with E-state index in [2.05, 4.69) is 15.3 Å². The number of aryl methyl sites for hydroxylation is 1. The fourth-order valence-corrected chi connectivity index (χ4v) is 1.76. The van der Waals surface area contributed by atoms with Crippen molar-refractivity contribution < 1.29 is 13.2 Å². The van der Waals surface area contributed by atoms with Crippen molar-refractivity contribution >= 4 is 17.4 Å². The number of alkyl halides is 3. The van der Waals surface area contributed by atoms with Gasteiger partial charge in [-0.05, 0) is 19.3 Å². The van der Waals surface area contributed by atoms with Crippen LogP contribution in [0.3, 0.4) is 0 Å². The Morgan fingerprint density at radius 2 is 2.00 bits per heavy atom. The molecule has 0 saturated carbocycles. The first-order valence-corrected chi connectivity index (χ1v) is 6.62. The van der Waals surface area contributed by atoms with E-state index in [1.54, 1.807) is 6.07 Å². The van der Waals surface area contributed by atoms with Crippen molar-refractivity contribution in [1.29, 1.82) is 0 Å². The first kappa shape index (κ1) is 16.0. The molecule has 1 aromatic rings. The number of halogens is 4. The Kier molecular flexibility index (Phi) is 6.34. The maximum Gasteiger partial charge on any atom is 0.389 e. The number of rotatable bonds is 7. The van der Waals surface area contributed by atoms with Gasteiger partial charge in [0.25, 0.3) is 0 Å². The molecule has 0 unspecified atom stereocenters. The Morgan fingerprint density at radius 3 is 2.63 bits per heavy atom. The van der Waals surface area contributed by atoms with Crippen LogP contribution in [0.15, 0.2) is 6.07 Å². The van der Waals surface area contributed by atoms with Gasteiger partial charge in [-0.25, -0.2) is 9.97 Å². The van der Waals surface area contributed by atoms with Crippen LogP contribution in [0.5, 0.6) is 0 Å².